The Labute approximate surface area is 147 Å². The third-order valence-corrected chi connectivity index (χ3v) is 5.61. The van der Waals surface area contributed by atoms with Gasteiger partial charge in [-0.3, -0.25) is 14.2 Å². The van der Waals surface area contributed by atoms with Gasteiger partial charge in [0.1, 0.15) is 4.83 Å². The fourth-order valence-corrected chi connectivity index (χ4v) is 4.24. The highest BCUT2D eigenvalue weighted by molar-refractivity contribution is 7.17. The van der Waals surface area contributed by atoms with Gasteiger partial charge >= 0.3 is 0 Å². The predicted octanol–water partition coefficient (Wildman–Crippen LogP) is 3.18. The lowest BCUT2D eigenvalue weighted by molar-refractivity contribution is -0.126. The van der Waals surface area contributed by atoms with Crippen molar-refractivity contribution >= 4 is 39.1 Å². The van der Waals surface area contributed by atoms with Crippen LogP contribution >= 0.6 is 22.9 Å². The van der Waals surface area contributed by atoms with Gasteiger partial charge in [0, 0.05) is 41.5 Å². The van der Waals surface area contributed by atoms with Gasteiger partial charge in [-0.1, -0.05) is 29.8 Å². The van der Waals surface area contributed by atoms with E-state index in [-0.39, 0.29) is 17.5 Å². The van der Waals surface area contributed by atoms with Gasteiger partial charge in [-0.15, -0.1) is 11.3 Å². The second kappa shape index (κ2) is 5.72. The van der Waals surface area contributed by atoms with Crippen LogP contribution in [0.4, 0.5) is 0 Å². The van der Waals surface area contributed by atoms with Crippen molar-refractivity contribution < 1.29 is 4.79 Å². The molecule has 0 bridgehead atoms. The number of carbonyl (C=O) groups excluding carboxylic acids is 1. The molecule has 0 N–H and O–H groups in total. The summed E-state index contributed by atoms with van der Waals surface area (Å²) in [6.45, 7) is 0.525. The molecule has 3 aromatic rings. The number of hydrogen-bond acceptors (Lipinski definition) is 4. The van der Waals surface area contributed by atoms with Crippen LogP contribution in [0.1, 0.15) is 12.5 Å². The molecule has 1 aromatic carbocycles. The van der Waals surface area contributed by atoms with Crippen molar-refractivity contribution in [2.45, 2.75) is 12.5 Å². The van der Waals surface area contributed by atoms with E-state index in [4.69, 9.17) is 11.6 Å². The van der Waals surface area contributed by atoms with Gasteiger partial charge in [0.25, 0.3) is 5.56 Å². The van der Waals surface area contributed by atoms with Crippen LogP contribution in [0.2, 0.25) is 5.02 Å². The van der Waals surface area contributed by atoms with E-state index in [9.17, 15) is 9.59 Å². The Balaban J connectivity index is 1.90. The summed E-state index contributed by atoms with van der Waals surface area (Å²) in [6, 6.07) is 7.28. The number of benzene rings is 1. The fraction of sp³-hybridized carbons (Fsp3) is 0.235. The Morgan fingerprint density at radius 2 is 2.04 bits per heavy atom. The lowest BCUT2D eigenvalue weighted by Crippen LogP contribution is -2.27. The molecule has 4 rings (SSSR count). The van der Waals surface area contributed by atoms with Crippen LogP contribution in [0.15, 0.2) is 40.8 Å². The molecule has 5 nitrogen and oxygen atoms in total. The van der Waals surface area contributed by atoms with Crippen LogP contribution in [-0.2, 0) is 4.79 Å². The van der Waals surface area contributed by atoms with Crippen molar-refractivity contribution in [2.75, 3.05) is 13.6 Å². The smallest absolute Gasteiger partial charge is 0.263 e. The van der Waals surface area contributed by atoms with Crippen molar-refractivity contribution in [2.24, 2.45) is 0 Å². The zero-order valence-corrected chi connectivity index (χ0v) is 14.5. The van der Waals surface area contributed by atoms with E-state index in [0.29, 0.717) is 28.2 Å². The van der Waals surface area contributed by atoms with Crippen molar-refractivity contribution in [3.05, 3.63) is 51.3 Å². The van der Waals surface area contributed by atoms with Gasteiger partial charge in [-0.25, -0.2) is 4.98 Å². The van der Waals surface area contributed by atoms with Crippen molar-refractivity contribution in [1.29, 1.82) is 0 Å². The number of amides is 1. The Morgan fingerprint density at radius 3 is 2.75 bits per heavy atom. The molecule has 24 heavy (non-hydrogen) atoms. The normalized spacial score (nSPS) is 17.8. The summed E-state index contributed by atoms with van der Waals surface area (Å²) in [5, 5.41) is 3.08. The number of nitrogens with zero attached hydrogens (tertiary/aromatic N) is 3. The molecule has 0 aliphatic carbocycles. The molecule has 1 fully saturated rings. The molecular weight excluding hydrogens is 346 g/mol. The number of likely N-dealkylation sites (N-methyl/N-ethyl adjacent to an activating group) is 1. The maximum Gasteiger partial charge on any atom is 0.263 e. The van der Waals surface area contributed by atoms with Crippen LogP contribution < -0.4 is 5.56 Å². The number of aromatic nitrogens is 2. The Morgan fingerprint density at radius 1 is 1.25 bits per heavy atom. The molecule has 1 atom stereocenters. The van der Waals surface area contributed by atoms with Crippen LogP contribution in [0.5, 0.6) is 0 Å². The lowest BCUT2D eigenvalue weighted by atomic mass is 10.1. The molecule has 2 aromatic heterocycles. The first kappa shape index (κ1) is 15.4. The topological polar surface area (TPSA) is 55.2 Å². The highest BCUT2D eigenvalue weighted by Crippen LogP contribution is 2.35. The first-order valence-corrected chi connectivity index (χ1v) is 8.79. The van der Waals surface area contributed by atoms with E-state index in [1.165, 1.54) is 11.3 Å². The zero-order valence-electron chi connectivity index (χ0n) is 12.9. The minimum Gasteiger partial charge on any atom is -0.344 e. The second-order valence-electron chi connectivity index (χ2n) is 5.90. The molecular formula is C17H14ClN3O2S. The molecule has 7 heteroatoms. The Bertz CT molecular complexity index is 1010. The molecule has 1 aliphatic heterocycles. The second-order valence-corrected chi connectivity index (χ2v) is 7.16. The Hall–Kier alpha value is -2.18. The van der Waals surface area contributed by atoms with E-state index in [1.807, 2.05) is 23.6 Å². The molecule has 1 amide bonds. The molecule has 0 radical (unpaired) electrons. The molecule has 0 saturated carbocycles. The summed E-state index contributed by atoms with van der Waals surface area (Å²) < 4.78 is 1.58. The first-order chi connectivity index (χ1) is 11.6. The summed E-state index contributed by atoms with van der Waals surface area (Å²) >= 11 is 7.72. The number of rotatable bonds is 2. The van der Waals surface area contributed by atoms with E-state index in [2.05, 4.69) is 4.98 Å². The summed E-state index contributed by atoms with van der Waals surface area (Å²) in [5.74, 6) is 0.0450. The number of halogens is 1. The van der Waals surface area contributed by atoms with Gasteiger partial charge in [-0.2, -0.15) is 0 Å². The zero-order chi connectivity index (χ0) is 16.8. The van der Waals surface area contributed by atoms with Crippen LogP contribution in [-0.4, -0.2) is 34.0 Å². The van der Waals surface area contributed by atoms with E-state index in [1.54, 1.807) is 28.9 Å². The van der Waals surface area contributed by atoms with Gasteiger partial charge in [-0.05, 0) is 6.07 Å². The maximum absolute atomic E-state index is 13.1. The van der Waals surface area contributed by atoms with Crippen LogP contribution in [0.25, 0.3) is 21.3 Å². The third-order valence-electron chi connectivity index (χ3n) is 4.40. The number of thiophene rings is 1. The van der Waals surface area contributed by atoms with Crippen molar-refractivity contribution in [1.82, 2.24) is 14.5 Å². The van der Waals surface area contributed by atoms with Crippen molar-refractivity contribution in [3.63, 3.8) is 0 Å². The van der Waals surface area contributed by atoms with E-state index in [0.717, 1.165) is 11.1 Å². The third kappa shape index (κ3) is 2.34. The summed E-state index contributed by atoms with van der Waals surface area (Å²) in [6.07, 6.45) is 1.88. The highest BCUT2D eigenvalue weighted by Gasteiger charge is 2.29. The SMILES string of the molecule is CN1C[C@@H](n2cnc3scc(-c4ccccc4Cl)c3c2=O)CC1=O. The van der Waals surface area contributed by atoms with Crippen molar-refractivity contribution in [3.8, 4) is 11.1 Å². The quantitative estimate of drug-likeness (QED) is 0.706. The monoisotopic (exact) mass is 359 g/mol. The summed E-state index contributed by atoms with van der Waals surface area (Å²) in [5.41, 5.74) is 1.50. The van der Waals surface area contributed by atoms with Gasteiger partial charge in [0.15, 0.2) is 0 Å². The number of hydrogen-bond donors (Lipinski definition) is 0. The number of fused-ring (bicyclic) bond motifs is 1. The van der Waals surface area contributed by atoms with E-state index >= 15 is 0 Å². The molecule has 0 spiro atoms. The predicted molar refractivity (Wildman–Crippen MR) is 95.6 cm³/mol. The highest BCUT2D eigenvalue weighted by atomic mass is 35.5. The molecule has 1 aliphatic rings. The fourth-order valence-electron chi connectivity index (χ4n) is 3.11. The standard InChI is InChI=1S/C17H14ClN3O2S/c1-20-7-10(6-14(20)22)21-9-19-16-15(17(21)23)12(8-24-16)11-4-2-3-5-13(11)18/h2-5,8-10H,6-7H2,1H3/t10-/m0/s1. The van der Waals surface area contributed by atoms with Gasteiger partial charge in [0.05, 0.1) is 17.8 Å². The lowest BCUT2D eigenvalue weighted by Gasteiger charge is -2.13. The largest absolute Gasteiger partial charge is 0.344 e. The average molecular weight is 360 g/mol. The molecule has 0 unspecified atom stereocenters. The molecule has 122 valence electrons. The van der Waals surface area contributed by atoms with Crippen LogP contribution in [0.3, 0.4) is 0 Å². The maximum atomic E-state index is 13.1. The van der Waals surface area contributed by atoms with Gasteiger partial charge < -0.3 is 4.90 Å². The number of likely N-dealkylation sites (tertiary alicyclic amines) is 1. The Kier molecular flexibility index (Phi) is 3.66. The van der Waals surface area contributed by atoms with Gasteiger partial charge in [0.2, 0.25) is 5.91 Å². The summed E-state index contributed by atoms with van der Waals surface area (Å²) in [7, 11) is 1.75. The van der Waals surface area contributed by atoms with Crippen LogP contribution in [0, 0.1) is 0 Å². The minimum absolute atomic E-state index is 0.0450. The minimum atomic E-state index is -0.175. The molecule has 1 saturated heterocycles. The van der Waals surface area contributed by atoms with E-state index < -0.39 is 0 Å². The first-order valence-electron chi connectivity index (χ1n) is 7.53. The number of carbonyl (C=O) groups is 1. The average Bonchev–Trinajstić information content (AvgIpc) is 3.13. The summed E-state index contributed by atoms with van der Waals surface area (Å²) in [4.78, 5) is 31.6. The molecule has 3 heterocycles.